The summed E-state index contributed by atoms with van der Waals surface area (Å²) in [5, 5.41) is 14.6. The summed E-state index contributed by atoms with van der Waals surface area (Å²) in [7, 11) is 3.09. The summed E-state index contributed by atoms with van der Waals surface area (Å²) in [5.74, 6) is -0.400. The van der Waals surface area contributed by atoms with Gasteiger partial charge in [-0.15, -0.1) is 0 Å². The van der Waals surface area contributed by atoms with Gasteiger partial charge in [-0.1, -0.05) is 41.9 Å². The smallest absolute Gasteiger partial charge is 0.418 e. The first-order chi connectivity index (χ1) is 31.7. The second kappa shape index (κ2) is 19.4. The molecule has 346 valence electrons. The van der Waals surface area contributed by atoms with E-state index < -0.39 is 51.7 Å². The van der Waals surface area contributed by atoms with Crippen LogP contribution in [0.2, 0.25) is 5.02 Å². The number of rotatable bonds is 14. The molecule has 0 saturated carbocycles. The maximum Gasteiger partial charge on any atom is 0.418 e. The number of amides is 1. The predicted octanol–water partition coefficient (Wildman–Crippen LogP) is 10.4. The summed E-state index contributed by atoms with van der Waals surface area (Å²) in [5.41, 5.74) is -0.799. The van der Waals surface area contributed by atoms with Crippen LogP contribution in [0.15, 0.2) is 90.1 Å². The van der Waals surface area contributed by atoms with Crippen molar-refractivity contribution in [2.45, 2.75) is 52.0 Å². The van der Waals surface area contributed by atoms with Gasteiger partial charge in [0.2, 0.25) is 0 Å². The lowest BCUT2D eigenvalue weighted by molar-refractivity contribution is -0.137. The van der Waals surface area contributed by atoms with Crippen molar-refractivity contribution in [2.24, 2.45) is 10.9 Å². The molecule has 3 aliphatic heterocycles. The van der Waals surface area contributed by atoms with Gasteiger partial charge in [0.15, 0.2) is 11.6 Å². The molecule has 2 aromatic heterocycles. The molecule has 8 rings (SSSR count). The van der Waals surface area contributed by atoms with E-state index in [-0.39, 0.29) is 72.5 Å². The van der Waals surface area contributed by atoms with Crippen molar-refractivity contribution in [3.8, 4) is 28.5 Å². The zero-order valence-electron chi connectivity index (χ0n) is 36.3. The van der Waals surface area contributed by atoms with Crippen LogP contribution in [0.25, 0.3) is 11.3 Å². The second-order valence-electron chi connectivity index (χ2n) is 15.8. The Balaban J connectivity index is 1.30. The number of methoxy groups -OCH3 is 2. The molecule has 0 radical (unpaired) electrons. The lowest BCUT2D eigenvalue weighted by atomic mass is 9.95. The van der Waals surface area contributed by atoms with E-state index in [2.05, 4.69) is 20.6 Å². The third-order valence-electron chi connectivity index (χ3n) is 11.6. The van der Waals surface area contributed by atoms with Gasteiger partial charge >= 0.3 is 18.2 Å². The van der Waals surface area contributed by atoms with E-state index >= 15 is 17.6 Å². The molecule has 19 heteroatoms. The molecular weight excluding hydrogens is 886 g/mol. The van der Waals surface area contributed by atoms with Crippen molar-refractivity contribution in [2.75, 3.05) is 56.2 Å². The summed E-state index contributed by atoms with van der Waals surface area (Å²) in [6.07, 6.45) is -2.10. The molecule has 5 aromatic rings. The van der Waals surface area contributed by atoms with E-state index in [1.54, 1.807) is 67.3 Å². The Labute approximate surface area is 382 Å². The Morgan fingerprint density at radius 3 is 2.29 bits per heavy atom. The van der Waals surface area contributed by atoms with Crippen LogP contribution < -0.4 is 29.7 Å². The van der Waals surface area contributed by atoms with Crippen LogP contribution in [0.4, 0.5) is 39.7 Å². The summed E-state index contributed by atoms with van der Waals surface area (Å²) in [6, 6.07) is 18.3. The number of carbonyl (C=O) groups is 1. The maximum absolute atomic E-state index is 18.0. The average molecular weight is 932 g/mol. The first-order valence-electron chi connectivity index (χ1n) is 21.0. The highest BCUT2D eigenvalue weighted by Gasteiger charge is 2.42. The highest BCUT2D eigenvalue weighted by atomic mass is 35.5. The van der Waals surface area contributed by atoms with Gasteiger partial charge in [-0.05, 0) is 85.7 Å². The molecule has 14 nitrogen and oxygen atoms in total. The summed E-state index contributed by atoms with van der Waals surface area (Å²) >= 11 is 7.17. The molecule has 1 fully saturated rings. The third kappa shape index (κ3) is 9.60. The predicted molar refractivity (Wildman–Crippen MR) is 240 cm³/mol. The van der Waals surface area contributed by atoms with Crippen molar-refractivity contribution < 1.29 is 51.1 Å². The number of pyridine rings is 2. The van der Waals surface area contributed by atoms with Gasteiger partial charge in [-0.25, -0.2) is 24.1 Å². The van der Waals surface area contributed by atoms with E-state index in [9.17, 15) is 9.90 Å². The van der Waals surface area contributed by atoms with Crippen molar-refractivity contribution in [1.82, 2.24) is 14.9 Å². The molecule has 0 spiro atoms. The molecule has 1 atom stereocenters. The Hall–Kier alpha value is -6.79. The minimum Gasteiger partial charge on any atom is -0.497 e. The third-order valence-corrected chi connectivity index (χ3v) is 12.0. The van der Waals surface area contributed by atoms with Crippen molar-refractivity contribution >= 4 is 40.9 Å². The van der Waals surface area contributed by atoms with E-state index in [0.717, 1.165) is 11.1 Å². The first-order valence-corrected chi connectivity index (χ1v) is 21.4. The normalized spacial score (nSPS) is 15.3. The van der Waals surface area contributed by atoms with E-state index in [1.807, 2.05) is 24.3 Å². The molecule has 0 aliphatic carbocycles. The number of aromatic nitrogens is 2. The monoisotopic (exact) mass is 931 g/mol. The number of amidine groups is 1. The fourth-order valence-electron chi connectivity index (χ4n) is 8.20. The zero-order chi connectivity index (χ0) is 46.7. The van der Waals surface area contributed by atoms with Crippen LogP contribution in [0, 0.1) is 18.7 Å². The van der Waals surface area contributed by atoms with Crippen LogP contribution in [-0.4, -0.2) is 72.6 Å². The SMILES string of the molecule is COc1ccc(CN(Cc2ccc(OC)cc2)c2cc(C)c(C(F)(F)F)c(-c3c(F)c4c5c(c3Cl)NCN=C5N(C(C)c3cccnc3NC(=O)O)C=C(OCC3CCOCC3)O4)n2)cc1. The molecular formula is C47H46ClF4N7O7. The number of benzene rings is 3. The van der Waals surface area contributed by atoms with E-state index in [0.29, 0.717) is 43.1 Å². The summed E-state index contributed by atoms with van der Waals surface area (Å²) in [4.78, 5) is 28.8. The lowest BCUT2D eigenvalue weighted by Gasteiger charge is -2.32. The highest BCUT2D eigenvalue weighted by Crippen LogP contribution is 2.51. The number of anilines is 3. The molecule has 0 bridgehead atoms. The fraction of sp³-hybridized carbons (Fsp3) is 0.319. The van der Waals surface area contributed by atoms with Gasteiger partial charge in [0.1, 0.15) is 35.6 Å². The lowest BCUT2D eigenvalue weighted by Crippen LogP contribution is -2.33. The number of alkyl halides is 3. The van der Waals surface area contributed by atoms with Crippen LogP contribution in [0.3, 0.4) is 0 Å². The number of aliphatic imine (C=N–C) groups is 1. The highest BCUT2D eigenvalue weighted by molar-refractivity contribution is 6.37. The maximum atomic E-state index is 18.0. The van der Waals surface area contributed by atoms with E-state index in [4.69, 9.17) is 40.3 Å². The van der Waals surface area contributed by atoms with Crippen LogP contribution >= 0.6 is 11.6 Å². The topological polar surface area (TPSA) is 152 Å². The number of carboxylic acid groups (broad SMARTS) is 1. The Morgan fingerprint density at radius 1 is 1.03 bits per heavy atom. The zero-order valence-corrected chi connectivity index (χ0v) is 37.1. The van der Waals surface area contributed by atoms with Crippen molar-refractivity contribution in [1.29, 1.82) is 0 Å². The number of aryl methyl sites for hydroxylation is 1. The van der Waals surface area contributed by atoms with Crippen LogP contribution in [-0.2, 0) is 28.7 Å². The largest absolute Gasteiger partial charge is 0.497 e. The Bertz CT molecular complexity index is 2610. The molecule has 3 aliphatic rings. The van der Waals surface area contributed by atoms with Crippen molar-refractivity contribution in [3.63, 3.8) is 0 Å². The Morgan fingerprint density at radius 2 is 1.68 bits per heavy atom. The standard InChI is InChI=1S/C47H46ClF4N7O7/c1-26-20-34(58(21-28-7-11-31(62-3)12-8-28)22-29-9-13-32(63-4)14-10-29)56-41(38(26)47(50,51)52)36-39(48)42-37-43(40(36)49)66-35(65-24-30-15-18-64-19-16-30)23-59(45(37)55-25-54-42)27(2)33-6-5-17-53-44(33)57-46(60)61/h5-14,17,20,23,27,30,54H,15-16,18-19,21-22,24-25H2,1-4H3,(H,53,57)(H,60,61). The summed E-state index contributed by atoms with van der Waals surface area (Å²) in [6.45, 7) is 4.48. The van der Waals surface area contributed by atoms with Gasteiger partial charge in [0.25, 0.3) is 0 Å². The van der Waals surface area contributed by atoms with E-state index in [1.165, 1.54) is 25.4 Å². The molecule has 1 unspecified atom stereocenters. The van der Waals surface area contributed by atoms with Gasteiger partial charge in [0, 0.05) is 38.1 Å². The summed E-state index contributed by atoms with van der Waals surface area (Å²) < 4.78 is 93.1. The number of hydrogen-bond acceptors (Lipinski definition) is 12. The van der Waals surface area contributed by atoms with Crippen LogP contribution in [0.5, 0.6) is 17.2 Å². The molecule has 1 saturated heterocycles. The van der Waals surface area contributed by atoms with Gasteiger partial charge in [-0.3, -0.25) is 5.32 Å². The number of nitrogens with zero attached hydrogens (tertiary/aromatic N) is 5. The average Bonchev–Trinajstić information content (AvgIpc) is 3.47. The second-order valence-corrected chi connectivity index (χ2v) is 16.2. The number of hydrogen-bond donors (Lipinski definition) is 3. The number of halogens is 5. The van der Waals surface area contributed by atoms with Crippen LogP contribution in [0.1, 0.15) is 59.2 Å². The quantitative estimate of drug-likeness (QED) is 0.0909. The minimum atomic E-state index is -5.02. The van der Waals surface area contributed by atoms with Crippen molar-refractivity contribution in [3.05, 3.63) is 129 Å². The number of nitrogens with one attached hydrogen (secondary N) is 2. The van der Waals surface area contributed by atoms with Gasteiger partial charge < -0.3 is 43.9 Å². The molecule has 3 N–H and O–H groups in total. The molecule has 1 amide bonds. The molecule has 3 aromatic carbocycles. The minimum absolute atomic E-state index is 0.000950. The molecule has 5 heterocycles. The van der Waals surface area contributed by atoms with Gasteiger partial charge in [-0.2, -0.15) is 13.2 Å². The molecule has 66 heavy (non-hydrogen) atoms. The fourth-order valence-corrected chi connectivity index (χ4v) is 8.53. The first kappa shape index (κ1) is 45.8. The number of ether oxygens (including phenoxy) is 5. The Kier molecular flexibility index (Phi) is 13.4. The van der Waals surface area contributed by atoms with Gasteiger partial charge in [0.05, 0.1) is 66.2 Å².